The number of esters is 1. The van der Waals surface area contributed by atoms with E-state index in [1.807, 2.05) is 50.2 Å². The Balaban J connectivity index is 1.70. The maximum atomic E-state index is 12.6. The maximum absolute atomic E-state index is 12.6. The van der Waals surface area contributed by atoms with Crippen LogP contribution < -0.4 is 4.74 Å². The molecule has 0 aromatic heterocycles. The first-order valence-electron chi connectivity index (χ1n) is 9.13. The number of nitrogens with zero attached hydrogens (tertiary/aromatic N) is 1. The number of hydrogen-bond donors (Lipinski definition) is 0. The molecule has 2 aromatic rings. The molecule has 0 heterocycles. The van der Waals surface area contributed by atoms with Crippen LogP contribution in [0.4, 0.5) is 0 Å². The zero-order chi connectivity index (χ0) is 21.0. The molecule has 1 aliphatic carbocycles. The molecule has 148 valence electrons. The molecule has 5 nitrogen and oxygen atoms in total. The van der Waals surface area contributed by atoms with Gasteiger partial charge in [-0.05, 0) is 53.3 Å². The predicted octanol–water partition coefficient (Wildman–Crippen LogP) is 5.18. The lowest BCUT2D eigenvalue weighted by atomic mass is 10.1. The molecular formula is C23H20ClNO4. The number of rotatable bonds is 7. The van der Waals surface area contributed by atoms with Crippen molar-refractivity contribution in [3.05, 3.63) is 72.3 Å². The molecule has 0 spiro atoms. The van der Waals surface area contributed by atoms with E-state index in [0.717, 1.165) is 0 Å². The standard InChI is InChI=1S/C23H20ClNO4/c1-23(2)18(11-12-20(24)26)21(23)22(27)29-19(14-25)15-7-6-10-17(13-15)28-16-8-4-3-5-9-16/h3-13,18-19,21H,1-2H3/b12-11-/t18-,19+,21-/m0/s1. The topological polar surface area (TPSA) is 76.4 Å². The van der Waals surface area contributed by atoms with Crippen molar-refractivity contribution in [2.24, 2.45) is 17.3 Å². The van der Waals surface area contributed by atoms with Crippen LogP contribution in [0.5, 0.6) is 11.5 Å². The van der Waals surface area contributed by atoms with Gasteiger partial charge in [0.25, 0.3) is 0 Å². The van der Waals surface area contributed by atoms with Crippen LogP contribution in [0.2, 0.25) is 0 Å². The molecule has 0 saturated heterocycles. The third kappa shape index (κ3) is 4.85. The highest BCUT2D eigenvalue weighted by molar-refractivity contribution is 6.66. The largest absolute Gasteiger partial charge is 0.457 e. The van der Waals surface area contributed by atoms with E-state index in [1.165, 1.54) is 6.08 Å². The minimum atomic E-state index is -1.06. The summed E-state index contributed by atoms with van der Waals surface area (Å²) >= 11 is 5.33. The fourth-order valence-corrected chi connectivity index (χ4v) is 3.46. The fraction of sp³-hybridized carbons (Fsp3) is 0.261. The fourth-order valence-electron chi connectivity index (χ4n) is 3.39. The van der Waals surface area contributed by atoms with Crippen LogP contribution >= 0.6 is 11.6 Å². The third-order valence-electron chi connectivity index (χ3n) is 5.09. The number of allylic oxidation sites excluding steroid dienone is 2. The molecule has 3 rings (SSSR count). The van der Waals surface area contributed by atoms with E-state index in [9.17, 15) is 14.9 Å². The maximum Gasteiger partial charge on any atom is 0.311 e. The van der Waals surface area contributed by atoms with E-state index < -0.39 is 23.2 Å². The molecule has 0 aliphatic heterocycles. The van der Waals surface area contributed by atoms with E-state index in [-0.39, 0.29) is 11.3 Å². The van der Waals surface area contributed by atoms with Crippen molar-refractivity contribution in [1.82, 2.24) is 0 Å². The van der Waals surface area contributed by atoms with Crippen LogP contribution in [0, 0.1) is 28.6 Å². The molecule has 0 unspecified atom stereocenters. The molecule has 29 heavy (non-hydrogen) atoms. The van der Waals surface area contributed by atoms with Crippen molar-refractivity contribution in [2.75, 3.05) is 0 Å². The Morgan fingerprint density at radius 2 is 1.83 bits per heavy atom. The SMILES string of the molecule is CC1(C)[C@H](C(=O)O[C@H](C#N)c2cccc(Oc3ccccc3)c2)[C@@H]1/C=C\C(=O)Cl. The molecule has 6 heteroatoms. The second kappa shape index (κ2) is 8.50. The summed E-state index contributed by atoms with van der Waals surface area (Å²) in [6.45, 7) is 3.81. The van der Waals surface area contributed by atoms with E-state index >= 15 is 0 Å². The van der Waals surface area contributed by atoms with Gasteiger partial charge < -0.3 is 9.47 Å². The molecular weight excluding hydrogens is 390 g/mol. The van der Waals surface area contributed by atoms with Gasteiger partial charge in [0.2, 0.25) is 11.3 Å². The normalized spacial score (nSPS) is 20.5. The number of benzene rings is 2. The molecule has 2 aromatic carbocycles. The molecule has 1 aliphatic rings. The smallest absolute Gasteiger partial charge is 0.311 e. The van der Waals surface area contributed by atoms with Crippen LogP contribution in [0.25, 0.3) is 0 Å². The monoisotopic (exact) mass is 409 g/mol. The van der Waals surface area contributed by atoms with Crippen molar-refractivity contribution < 1.29 is 19.1 Å². The van der Waals surface area contributed by atoms with Crippen LogP contribution in [-0.2, 0) is 14.3 Å². The summed E-state index contributed by atoms with van der Waals surface area (Å²) in [6, 6.07) is 18.2. The number of nitriles is 1. The average molecular weight is 410 g/mol. The Labute approximate surface area is 174 Å². The van der Waals surface area contributed by atoms with Crippen molar-refractivity contribution in [3.8, 4) is 17.6 Å². The van der Waals surface area contributed by atoms with Gasteiger partial charge in [0.15, 0.2) is 0 Å². The summed E-state index contributed by atoms with van der Waals surface area (Å²) in [6.07, 6.45) is 1.81. The van der Waals surface area contributed by atoms with Gasteiger partial charge in [-0.2, -0.15) is 5.26 Å². The third-order valence-corrected chi connectivity index (χ3v) is 5.22. The quantitative estimate of drug-likeness (QED) is 0.357. The molecule has 0 radical (unpaired) electrons. The van der Waals surface area contributed by atoms with E-state index in [2.05, 4.69) is 0 Å². The number of halogens is 1. The van der Waals surface area contributed by atoms with Crippen LogP contribution in [0.3, 0.4) is 0 Å². The number of para-hydroxylation sites is 1. The first kappa shape index (κ1) is 20.6. The van der Waals surface area contributed by atoms with Gasteiger partial charge in [-0.15, -0.1) is 0 Å². The summed E-state index contributed by atoms with van der Waals surface area (Å²) in [5.74, 6) is 0.128. The first-order chi connectivity index (χ1) is 13.8. The van der Waals surface area contributed by atoms with Gasteiger partial charge in [0, 0.05) is 5.56 Å². The first-order valence-corrected chi connectivity index (χ1v) is 9.51. The lowest BCUT2D eigenvalue weighted by Crippen LogP contribution is -2.14. The summed E-state index contributed by atoms with van der Waals surface area (Å²) in [5, 5.41) is 8.95. The second-order valence-electron chi connectivity index (χ2n) is 7.42. The van der Waals surface area contributed by atoms with Crippen LogP contribution in [0.1, 0.15) is 25.5 Å². The van der Waals surface area contributed by atoms with Crippen LogP contribution in [0.15, 0.2) is 66.7 Å². The van der Waals surface area contributed by atoms with E-state index in [1.54, 1.807) is 30.3 Å². The van der Waals surface area contributed by atoms with Gasteiger partial charge in [0.05, 0.1) is 5.92 Å². The van der Waals surface area contributed by atoms with E-state index in [4.69, 9.17) is 21.1 Å². The molecule has 0 N–H and O–H groups in total. The number of ether oxygens (including phenoxy) is 2. The Morgan fingerprint density at radius 3 is 2.48 bits per heavy atom. The summed E-state index contributed by atoms with van der Waals surface area (Å²) in [7, 11) is 0. The lowest BCUT2D eigenvalue weighted by Gasteiger charge is -2.13. The Morgan fingerprint density at radius 1 is 1.14 bits per heavy atom. The zero-order valence-corrected chi connectivity index (χ0v) is 16.8. The highest BCUT2D eigenvalue weighted by Crippen LogP contribution is 2.59. The molecule has 1 saturated carbocycles. The summed E-state index contributed by atoms with van der Waals surface area (Å²) in [4.78, 5) is 23.6. The predicted molar refractivity (Wildman–Crippen MR) is 108 cm³/mol. The van der Waals surface area contributed by atoms with Crippen molar-refractivity contribution in [1.29, 1.82) is 5.26 Å². The van der Waals surface area contributed by atoms with Crippen molar-refractivity contribution in [2.45, 2.75) is 20.0 Å². The Hall–Kier alpha value is -3.10. The molecule has 0 amide bonds. The molecule has 0 bridgehead atoms. The molecule has 3 atom stereocenters. The van der Waals surface area contributed by atoms with E-state index in [0.29, 0.717) is 17.1 Å². The highest BCUT2D eigenvalue weighted by atomic mass is 35.5. The van der Waals surface area contributed by atoms with Gasteiger partial charge in [-0.3, -0.25) is 9.59 Å². The number of carbonyl (C=O) groups is 2. The Bertz CT molecular complexity index is 978. The summed E-state index contributed by atoms with van der Waals surface area (Å²) in [5.41, 5.74) is 0.161. The summed E-state index contributed by atoms with van der Waals surface area (Å²) < 4.78 is 11.3. The van der Waals surface area contributed by atoms with Crippen LogP contribution in [-0.4, -0.2) is 11.2 Å². The van der Waals surface area contributed by atoms with Gasteiger partial charge in [-0.1, -0.05) is 50.3 Å². The van der Waals surface area contributed by atoms with Gasteiger partial charge in [-0.25, -0.2) is 0 Å². The van der Waals surface area contributed by atoms with Gasteiger partial charge >= 0.3 is 5.97 Å². The zero-order valence-electron chi connectivity index (χ0n) is 16.0. The average Bonchev–Trinajstić information content (AvgIpc) is 3.26. The number of hydrogen-bond acceptors (Lipinski definition) is 5. The lowest BCUT2D eigenvalue weighted by molar-refractivity contribution is -0.149. The minimum Gasteiger partial charge on any atom is -0.457 e. The van der Waals surface area contributed by atoms with Crippen molar-refractivity contribution in [3.63, 3.8) is 0 Å². The Kier molecular flexibility index (Phi) is 6.05. The highest BCUT2D eigenvalue weighted by Gasteiger charge is 2.61. The van der Waals surface area contributed by atoms with Crippen molar-refractivity contribution >= 4 is 22.8 Å². The minimum absolute atomic E-state index is 0.162. The number of carbonyl (C=O) groups excluding carboxylic acids is 2. The second-order valence-corrected chi connectivity index (χ2v) is 7.79. The molecule has 1 fully saturated rings. The van der Waals surface area contributed by atoms with Gasteiger partial charge in [0.1, 0.15) is 17.6 Å².